The maximum absolute atomic E-state index is 12.3. The van der Waals surface area contributed by atoms with Gasteiger partial charge in [-0.1, -0.05) is 12.1 Å². The molecule has 28 heavy (non-hydrogen) atoms. The minimum Gasteiger partial charge on any atom is -0.483 e. The van der Waals surface area contributed by atoms with Crippen LogP contribution in [-0.4, -0.2) is 37.7 Å². The number of esters is 2. The summed E-state index contributed by atoms with van der Waals surface area (Å²) in [5.74, 6) is -1.13. The van der Waals surface area contributed by atoms with Crippen LogP contribution >= 0.6 is 27.3 Å². The van der Waals surface area contributed by atoms with Crippen LogP contribution in [0.5, 0.6) is 5.75 Å². The van der Waals surface area contributed by atoms with Crippen LogP contribution in [0.2, 0.25) is 0 Å². The molecule has 0 aliphatic heterocycles. The van der Waals surface area contributed by atoms with Crippen LogP contribution in [0.3, 0.4) is 0 Å². The molecule has 0 saturated carbocycles. The number of rotatable bonds is 8. The lowest BCUT2D eigenvalue weighted by Crippen LogP contribution is -2.21. The summed E-state index contributed by atoms with van der Waals surface area (Å²) >= 11 is 4.31. The molecule has 1 aromatic carbocycles. The van der Waals surface area contributed by atoms with Crippen molar-refractivity contribution in [2.24, 2.45) is 0 Å². The molecule has 150 valence electrons. The molecule has 0 bridgehead atoms. The van der Waals surface area contributed by atoms with Crippen LogP contribution in [0.25, 0.3) is 0 Å². The highest BCUT2D eigenvalue weighted by Crippen LogP contribution is 2.34. The Kier molecular flexibility index (Phi) is 8.01. The van der Waals surface area contributed by atoms with Gasteiger partial charge in [-0.2, -0.15) is 0 Å². The Bertz CT molecular complexity index is 879. The molecule has 0 atom stereocenters. The zero-order chi connectivity index (χ0) is 20.7. The number of halogens is 1. The van der Waals surface area contributed by atoms with Crippen molar-refractivity contribution in [3.8, 4) is 5.75 Å². The lowest BCUT2D eigenvalue weighted by atomic mass is 10.1. The Hall–Kier alpha value is -2.39. The van der Waals surface area contributed by atoms with Crippen molar-refractivity contribution in [1.82, 2.24) is 0 Å². The minimum atomic E-state index is -0.617. The van der Waals surface area contributed by atoms with Crippen LogP contribution in [0, 0.1) is 6.92 Å². The monoisotopic (exact) mass is 469 g/mol. The molecule has 0 radical (unpaired) electrons. The Labute approximate surface area is 175 Å². The standard InChI is InChI=1S/C19H20BrNO6S/c1-4-25-18(23)15-11(3)16(19(24)26-5-2)28-17(15)21-14(22)10-27-13-9-7-6-8-12(13)20/h6-9H,4-5,10H2,1-3H3,(H,21,22). The number of amides is 1. The summed E-state index contributed by atoms with van der Waals surface area (Å²) in [6, 6.07) is 7.12. The van der Waals surface area contributed by atoms with E-state index in [1.54, 1.807) is 39.0 Å². The maximum atomic E-state index is 12.3. The molecule has 1 heterocycles. The van der Waals surface area contributed by atoms with Crippen LogP contribution in [0.1, 0.15) is 39.4 Å². The third kappa shape index (κ3) is 5.32. The lowest BCUT2D eigenvalue weighted by molar-refractivity contribution is -0.118. The molecule has 7 nitrogen and oxygen atoms in total. The molecule has 0 aliphatic carbocycles. The van der Waals surface area contributed by atoms with E-state index < -0.39 is 17.8 Å². The van der Waals surface area contributed by atoms with E-state index in [0.29, 0.717) is 15.8 Å². The van der Waals surface area contributed by atoms with E-state index in [1.807, 2.05) is 6.07 Å². The van der Waals surface area contributed by atoms with Gasteiger partial charge in [0.15, 0.2) is 6.61 Å². The van der Waals surface area contributed by atoms with Crippen LogP contribution in [0.4, 0.5) is 5.00 Å². The highest BCUT2D eigenvalue weighted by atomic mass is 79.9. The molecule has 2 rings (SSSR count). The SMILES string of the molecule is CCOC(=O)c1sc(NC(=O)COc2ccccc2Br)c(C(=O)OCC)c1C. The predicted molar refractivity (Wildman–Crippen MR) is 109 cm³/mol. The fraction of sp³-hybridized carbons (Fsp3) is 0.316. The summed E-state index contributed by atoms with van der Waals surface area (Å²) in [5, 5.41) is 2.85. The number of hydrogen-bond acceptors (Lipinski definition) is 7. The molecule has 0 unspecified atom stereocenters. The molecule has 1 amide bonds. The molecule has 2 aromatic rings. The molecular formula is C19H20BrNO6S. The number of ether oxygens (including phenoxy) is 3. The van der Waals surface area contributed by atoms with Gasteiger partial charge in [0.25, 0.3) is 5.91 Å². The number of thiophene rings is 1. The van der Waals surface area contributed by atoms with Gasteiger partial charge in [0, 0.05) is 0 Å². The molecule has 0 spiro atoms. The van der Waals surface area contributed by atoms with Gasteiger partial charge in [-0.25, -0.2) is 9.59 Å². The van der Waals surface area contributed by atoms with Crippen molar-refractivity contribution >= 4 is 50.1 Å². The fourth-order valence-electron chi connectivity index (χ4n) is 2.31. The first kappa shape index (κ1) is 21.9. The Balaban J connectivity index is 2.21. The summed E-state index contributed by atoms with van der Waals surface area (Å²) in [4.78, 5) is 37.0. The van der Waals surface area contributed by atoms with Gasteiger partial charge in [0.1, 0.15) is 15.6 Å². The predicted octanol–water partition coefficient (Wildman–Crippen LogP) is 4.19. The second-order valence-electron chi connectivity index (χ2n) is 5.47. The highest BCUT2D eigenvalue weighted by molar-refractivity contribution is 9.10. The summed E-state index contributed by atoms with van der Waals surface area (Å²) < 4.78 is 16.3. The van der Waals surface area contributed by atoms with E-state index in [0.717, 1.165) is 11.3 Å². The van der Waals surface area contributed by atoms with Gasteiger partial charge in [-0.3, -0.25) is 4.79 Å². The largest absolute Gasteiger partial charge is 0.483 e. The quantitative estimate of drug-likeness (QED) is 0.582. The molecule has 1 N–H and O–H groups in total. The van der Waals surface area contributed by atoms with E-state index in [1.165, 1.54) is 0 Å². The van der Waals surface area contributed by atoms with Crippen molar-refractivity contribution in [2.75, 3.05) is 25.1 Å². The number of carbonyl (C=O) groups excluding carboxylic acids is 3. The van der Waals surface area contributed by atoms with E-state index >= 15 is 0 Å². The van der Waals surface area contributed by atoms with E-state index in [4.69, 9.17) is 14.2 Å². The summed E-state index contributed by atoms with van der Waals surface area (Å²) in [7, 11) is 0. The van der Waals surface area contributed by atoms with Crippen LogP contribution < -0.4 is 10.1 Å². The van der Waals surface area contributed by atoms with Crippen LogP contribution in [0.15, 0.2) is 28.7 Å². The number of hydrogen-bond donors (Lipinski definition) is 1. The first-order chi connectivity index (χ1) is 13.4. The Morgan fingerprint density at radius 2 is 1.71 bits per heavy atom. The van der Waals surface area contributed by atoms with Gasteiger partial charge >= 0.3 is 11.9 Å². The summed E-state index contributed by atoms with van der Waals surface area (Å²) in [6.45, 7) is 5.08. The first-order valence-corrected chi connectivity index (χ1v) is 10.1. The topological polar surface area (TPSA) is 90.9 Å². The first-order valence-electron chi connectivity index (χ1n) is 8.53. The number of para-hydroxylation sites is 1. The zero-order valence-electron chi connectivity index (χ0n) is 15.7. The Morgan fingerprint density at radius 3 is 2.36 bits per heavy atom. The number of anilines is 1. The Morgan fingerprint density at radius 1 is 1.07 bits per heavy atom. The summed E-state index contributed by atoms with van der Waals surface area (Å²) in [5.41, 5.74) is 0.549. The molecule has 0 aliphatic rings. The van der Waals surface area contributed by atoms with Gasteiger partial charge in [-0.15, -0.1) is 11.3 Å². The van der Waals surface area contributed by atoms with Crippen molar-refractivity contribution in [1.29, 1.82) is 0 Å². The summed E-state index contributed by atoms with van der Waals surface area (Å²) in [6.07, 6.45) is 0. The molecular weight excluding hydrogens is 450 g/mol. The number of benzene rings is 1. The molecule has 1 aromatic heterocycles. The van der Waals surface area contributed by atoms with E-state index in [9.17, 15) is 14.4 Å². The van der Waals surface area contributed by atoms with Crippen molar-refractivity contribution in [3.05, 3.63) is 44.7 Å². The van der Waals surface area contributed by atoms with E-state index in [2.05, 4.69) is 21.2 Å². The van der Waals surface area contributed by atoms with E-state index in [-0.39, 0.29) is 35.3 Å². The fourth-order valence-corrected chi connectivity index (χ4v) is 3.81. The minimum absolute atomic E-state index is 0.143. The third-order valence-electron chi connectivity index (χ3n) is 3.54. The van der Waals surface area contributed by atoms with Gasteiger partial charge in [-0.05, 0) is 54.4 Å². The average molecular weight is 470 g/mol. The molecule has 9 heteroatoms. The zero-order valence-corrected chi connectivity index (χ0v) is 18.1. The number of nitrogens with one attached hydrogen (secondary N) is 1. The lowest BCUT2D eigenvalue weighted by Gasteiger charge is -2.09. The number of carbonyl (C=O) groups is 3. The van der Waals surface area contributed by atoms with Crippen molar-refractivity contribution < 1.29 is 28.6 Å². The second-order valence-corrected chi connectivity index (χ2v) is 7.34. The second kappa shape index (κ2) is 10.2. The van der Waals surface area contributed by atoms with Crippen LogP contribution in [-0.2, 0) is 14.3 Å². The highest BCUT2D eigenvalue weighted by Gasteiger charge is 2.27. The van der Waals surface area contributed by atoms with Crippen molar-refractivity contribution in [2.45, 2.75) is 20.8 Å². The third-order valence-corrected chi connectivity index (χ3v) is 5.38. The molecule has 0 saturated heterocycles. The molecule has 0 fully saturated rings. The maximum Gasteiger partial charge on any atom is 0.348 e. The normalized spacial score (nSPS) is 10.3. The van der Waals surface area contributed by atoms with Crippen molar-refractivity contribution in [3.63, 3.8) is 0 Å². The van der Waals surface area contributed by atoms with Gasteiger partial charge in [0.05, 0.1) is 23.2 Å². The van der Waals surface area contributed by atoms with Gasteiger partial charge < -0.3 is 19.5 Å². The van der Waals surface area contributed by atoms with Gasteiger partial charge in [0.2, 0.25) is 0 Å². The average Bonchev–Trinajstić information content (AvgIpc) is 2.97. The smallest absolute Gasteiger partial charge is 0.348 e.